The third kappa shape index (κ3) is 7.83. The van der Waals surface area contributed by atoms with Gasteiger partial charge >= 0.3 is 18.4 Å². The molecule has 1 saturated heterocycles. The van der Waals surface area contributed by atoms with Gasteiger partial charge in [-0.3, -0.25) is 4.90 Å². The Morgan fingerprint density at radius 2 is 1.76 bits per heavy atom. The Bertz CT molecular complexity index is 1410. The van der Waals surface area contributed by atoms with E-state index >= 15 is 0 Å². The lowest BCUT2D eigenvalue weighted by Gasteiger charge is -2.26. The molecule has 1 atom stereocenters. The molecule has 1 amide bonds. The minimum absolute atomic E-state index is 0.0497. The second-order valence-electron chi connectivity index (χ2n) is 10.7. The molecule has 226 valence electrons. The average molecular weight is 598 g/mol. The molecule has 0 spiro atoms. The molecule has 1 aromatic heterocycles. The Balaban J connectivity index is 1.42. The molecule has 0 unspecified atom stereocenters. The van der Waals surface area contributed by atoms with Crippen LogP contribution in [0.3, 0.4) is 0 Å². The second kappa shape index (κ2) is 12.1. The van der Waals surface area contributed by atoms with Crippen molar-refractivity contribution in [3.63, 3.8) is 0 Å². The molecule has 0 N–H and O–H groups in total. The maximum Gasteiger partial charge on any atom is 0.419 e. The first kappa shape index (κ1) is 30.9. The van der Waals surface area contributed by atoms with Crippen LogP contribution in [-0.4, -0.2) is 39.9 Å². The summed E-state index contributed by atoms with van der Waals surface area (Å²) in [7, 11) is 0. The summed E-state index contributed by atoms with van der Waals surface area (Å²) in [5.74, 6) is -0.371. The predicted octanol–water partition coefficient (Wildman–Crippen LogP) is 8.33. The number of nitrogens with zero attached hydrogens (tertiary/aromatic N) is 3. The molecule has 1 fully saturated rings. The van der Waals surface area contributed by atoms with Crippen molar-refractivity contribution in [3.8, 4) is 17.1 Å². The van der Waals surface area contributed by atoms with Crippen molar-refractivity contribution in [1.82, 2.24) is 15.0 Å². The van der Waals surface area contributed by atoms with E-state index in [2.05, 4.69) is 10.1 Å². The summed E-state index contributed by atoms with van der Waals surface area (Å²) in [5, 5.41) is 3.84. The lowest BCUT2D eigenvalue weighted by atomic mass is 10.1. The summed E-state index contributed by atoms with van der Waals surface area (Å²) in [6.45, 7) is 5.54. The third-order valence-electron chi connectivity index (χ3n) is 6.24. The van der Waals surface area contributed by atoms with E-state index < -0.39 is 47.0 Å². The zero-order valence-electron chi connectivity index (χ0n) is 23.1. The topological polar surface area (TPSA) is 77.7 Å². The number of alkyl halides is 6. The number of hydrogen-bond acceptors (Lipinski definition) is 6. The lowest BCUT2D eigenvalue weighted by Crippen LogP contribution is -2.36. The van der Waals surface area contributed by atoms with Crippen molar-refractivity contribution in [1.29, 1.82) is 0 Å². The fourth-order valence-corrected chi connectivity index (χ4v) is 4.31. The molecule has 7 nitrogen and oxygen atoms in total. The number of carbonyl (C=O) groups excluding carboxylic acids is 1. The molecule has 0 radical (unpaired) electrons. The second-order valence-corrected chi connectivity index (χ2v) is 10.7. The molecule has 0 saturated carbocycles. The maximum atomic E-state index is 13.9. The van der Waals surface area contributed by atoms with E-state index in [0.717, 1.165) is 24.3 Å². The summed E-state index contributed by atoms with van der Waals surface area (Å²) in [5.41, 5.74) is -1.95. The molecule has 42 heavy (non-hydrogen) atoms. The van der Waals surface area contributed by atoms with Crippen LogP contribution < -0.4 is 4.74 Å². The molecular formula is C29H29F6N3O4. The highest BCUT2D eigenvalue weighted by Gasteiger charge is 2.38. The van der Waals surface area contributed by atoms with Crippen molar-refractivity contribution in [3.05, 3.63) is 71.1 Å². The van der Waals surface area contributed by atoms with Gasteiger partial charge in [-0.2, -0.15) is 31.3 Å². The number of rotatable bonds is 7. The number of aromatic nitrogens is 2. The molecule has 0 aliphatic carbocycles. The van der Waals surface area contributed by atoms with Crippen molar-refractivity contribution in [2.75, 3.05) is 13.2 Å². The smallest absolute Gasteiger partial charge is 0.419 e. The standard InChI is InChI=1S/C29H29F6N3O4/c1-27(2,3)41-26(39)38-15-6-8-22(38)25-36-24(37-42-25)19-11-14-23(21(17-19)29(33,34)35)40-16-5-4-7-18-9-12-20(13-10-18)28(30,31)32/h4,7,9-14,17,22H,5-6,8,15-16H2,1-3H3/b7-4+/t22-/m0/s1. The predicted molar refractivity (Wildman–Crippen MR) is 140 cm³/mol. The quantitative estimate of drug-likeness (QED) is 0.201. The Hall–Kier alpha value is -4.03. The van der Waals surface area contributed by atoms with E-state index in [1.165, 1.54) is 23.1 Å². The number of ether oxygens (including phenoxy) is 2. The van der Waals surface area contributed by atoms with Gasteiger partial charge < -0.3 is 14.0 Å². The number of halogens is 6. The van der Waals surface area contributed by atoms with Crippen LogP contribution in [0.1, 0.15) is 68.7 Å². The maximum absolute atomic E-state index is 13.9. The van der Waals surface area contributed by atoms with E-state index in [-0.39, 0.29) is 30.3 Å². The minimum Gasteiger partial charge on any atom is -0.493 e. The minimum atomic E-state index is -4.74. The number of hydrogen-bond donors (Lipinski definition) is 0. The first-order valence-electron chi connectivity index (χ1n) is 13.1. The van der Waals surface area contributed by atoms with Crippen LogP contribution >= 0.6 is 0 Å². The van der Waals surface area contributed by atoms with Crippen LogP contribution in [-0.2, 0) is 17.1 Å². The van der Waals surface area contributed by atoms with E-state index in [0.29, 0.717) is 24.9 Å². The monoisotopic (exact) mass is 597 g/mol. The number of benzene rings is 2. The summed E-state index contributed by atoms with van der Waals surface area (Å²) in [6, 6.07) is 7.34. The highest BCUT2D eigenvalue weighted by atomic mass is 19.4. The Kier molecular flexibility index (Phi) is 8.88. The van der Waals surface area contributed by atoms with Crippen LogP contribution in [0.4, 0.5) is 31.1 Å². The zero-order valence-corrected chi connectivity index (χ0v) is 23.1. The molecular weight excluding hydrogens is 568 g/mol. The normalized spacial score (nSPS) is 16.3. The van der Waals surface area contributed by atoms with Crippen LogP contribution in [0.15, 0.2) is 53.1 Å². The van der Waals surface area contributed by atoms with E-state index in [9.17, 15) is 31.1 Å². The van der Waals surface area contributed by atoms with Gasteiger partial charge in [0.1, 0.15) is 17.4 Å². The first-order valence-corrected chi connectivity index (χ1v) is 13.1. The first-order chi connectivity index (χ1) is 19.6. The molecule has 1 aliphatic rings. The SMILES string of the molecule is CC(C)(C)OC(=O)N1CCC[C@H]1c1nc(-c2ccc(OCC/C=C/c3ccc(C(F)(F)F)cc3)c(C(F)(F)F)c2)no1. The zero-order chi connectivity index (χ0) is 30.7. The van der Waals surface area contributed by atoms with E-state index in [4.69, 9.17) is 14.0 Å². The van der Waals surface area contributed by atoms with Gasteiger partial charge in [0.05, 0.1) is 17.7 Å². The van der Waals surface area contributed by atoms with Gasteiger partial charge in [0.25, 0.3) is 0 Å². The summed E-state index contributed by atoms with van der Waals surface area (Å²) in [4.78, 5) is 18.3. The van der Waals surface area contributed by atoms with Crippen molar-refractivity contribution in [2.45, 2.75) is 64.0 Å². The molecule has 4 rings (SSSR count). The molecule has 2 aromatic carbocycles. The van der Waals surface area contributed by atoms with Crippen LogP contribution in [0, 0.1) is 0 Å². The lowest BCUT2D eigenvalue weighted by molar-refractivity contribution is -0.139. The largest absolute Gasteiger partial charge is 0.493 e. The van der Waals surface area contributed by atoms with Crippen molar-refractivity contribution < 1.29 is 45.1 Å². The molecule has 13 heteroatoms. The van der Waals surface area contributed by atoms with Gasteiger partial charge in [-0.25, -0.2) is 4.79 Å². The third-order valence-corrected chi connectivity index (χ3v) is 6.24. The number of amides is 1. The van der Waals surface area contributed by atoms with Gasteiger partial charge in [-0.05, 0) is 75.9 Å². The Labute approximate surface area is 238 Å². The van der Waals surface area contributed by atoms with E-state index in [1.807, 2.05) is 0 Å². The van der Waals surface area contributed by atoms with Crippen LogP contribution in [0.2, 0.25) is 0 Å². The highest BCUT2D eigenvalue weighted by Crippen LogP contribution is 2.39. The Morgan fingerprint density at radius 3 is 2.40 bits per heavy atom. The van der Waals surface area contributed by atoms with Gasteiger partial charge in [-0.15, -0.1) is 0 Å². The Morgan fingerprint density at radius 1 is 1.05 bits per heavy atom. The van der Waals surface area contributed by atoms with Crippen molar-refractivity contribution >= 4 is 12.2 Å². The molecule has 2 heterocycles. The number of carbonyl (C=O) groups is 1. The van der Waals surface area contributed by atoms with Gasteiger partial charge in [-0.1, -0.05) is 29.4 Å². The summed E-state index contributed by atoms with van der Waals surface area (Å²) >= 11 is 0. The highest BCUT2D eigenvalue weighted by molar-refractivity contribution is 5.69. The van der Waals surface area contributed by atoms with Gasteiger partial charge in [0.2, 0.25) is 11.7 Å². The molecule has 3 aromatic rings. The molecule has 0 bridgehead atoms. The van der Waals surface area contributed by atoms with Crippen LogP contribution in [0.25, 0.3) is 17.5 Å². The van der Waals surface area contributed by atoms with E-state index in [1.54, 1.807) is 32.9 Å². The number of likely N-dealkylation sites (tertiary alicyclic amines) is 1. The summed E-state index contributed by atoms with van der Waals surface area (Å²) < 4.78 is 95.8. The fraction of sp³-hybridized carbons (Fsp3) is 0.414. The van der Waals surface area contributed by atoms with Gasteiger partial charge in [0, 0.05) is 12.1 Å². The fourth-order valence-electron chi connectivity index (χ4n) is 4.31. The van der Waals surface area contributed by atoms with Crippen molar-refractivity contribution in [2.24, 2.45) is 0 Å². The average Bonchev–Trinajstić information content (AvgIpc) is 3.57. The van der Waals surface area contributed by atoms with Gasteiger partial charge in [0.15, 0.2) is 0 Å². The van der Waals surface area contributed by atoms with Crippen LogP contribution in [0.5, 0.6) is 5.75 Å². The summed E-state index contributed by atoms with van der Waals surface area (Å²) in [6.07, 6.45) is -5.16. The molecule has 1 aliphatic heterocycles.